The average Bonchev–Trinajstić information content (AvgIpc) is 3.38. The lowest BCUT2D eigenvalue weighted by atomic mass is 10.1. The number of aryl methyl sites for hydroxylation is 1. The molecule has 0 saturated carbocycles. The Hall–Kier alpha value is -2.90. The van der Waals surface area contributed by atoms with Gasteiger partial charge in [-0.05, 0) is 49.2 Å². The van der Waals surface area contributed by atoms with Crippen molar-refractivity contribution in [2.45, 2.75) is 30.7 Å². The normalized spacial score (nSPS) is 14.6. The zero-order valence-electron chi connectivity index (χ0n) is 16.0. The maximum Gasteiger partial charge on any atom is 0.241 e. The van der Waals surface area contributed by atoms with E-state index < -0.39 is 16.1 Å². The van der Waals surface area contributed by atoms with Crippen LogP contribution in [0.15, 0.2) is 76.2 Å². The van der Waals surface area contributed by atoms with Gasteiger partial charge in [0.05, 0.1) is 23.6 Å². The number of carbonyl (C=O) groups is 1. The summed E-state index contributed by atoms with van der Waals surface area (Å²) in [5, 5.41) is 0. The van der Waals surface area contributed by atoms with Crippen molar-refractivity contribution in [2.24, 2.45) is 0 Å². The topological polar surface area (TPSA) is 79.6 Å². The lowest BCUT2D eigenvalue weighted by molar-refractivity contribution is -0.119. The van der Waals surface area contributed by atoms with Crippen LogP contribution in [0.3, 0.4) is 0 Å². The number of rotatable bonds is 6. The first-order valence-electron chi connectivity index (χ1n) is 9.45. The maximum absolute atomic E-state index is 13.0. The molecule has 0 fully saturated rings. The largest absolute Gasteiger partial charge is 0.468 e. The number of sulfonamides is 1. The van der Waals surface area contributed by atoms with Crippen LogP contribution >= 0.6 is 0 Å². The Bertz CT molecular complexity index is 1110. The lowest BCUT2D eigenvalue weighted by Gasteiger charge is -2.22. The number of hydrogen-bond donors (Lipinski definition) is 1. The summed E-state index contributed by atoms with van der Waals surface area (Å²) in [6.07, 6.45) is 2.23. The second-order valence-electron chi connectivity index (χ2n) is 7.13. The SMILES string of the molecule is Cc1ccc(S(=O)(=O)N[C@H](CC(=O)N2CCc3ccccc32)c2ccco2)cc1. The van der Waals surface area contributed by atoms with Crippen molar-refractivity contribution in [3.05, 3.63) is 83.8 Å². The van der Waals surface area contributed by atoms with Crippen LogP contribution in [0.5, 0.6) is 0 Å². The van der Waals surface area contributed by atoms with Crippen LogP contribution in [-0.4, -0.2) is 20.9 Å². The fourth-order valence-electron chi connectivity index (χ4n) is 3.54. The smallest absolute Gasteiger partial charge is 0.241 e. The van der Waals surface area contributed by atoms with Crippen LogP contribution in [0.25, 0.3) is 0 Å². The van der Waals surface area contributed by atoms with Gasteiger partial charge in [0.25, 0.3) is 0 Å². The van der Waals surface area contributed by atoms with Gasteiger partial charge < -0.3 is 9.32 Å². The number of nitrogens with one attached hydrogen (secondary N) is 1. The minimum Gasteiger partial charge on any atom is -0.468 e. The number of para-hydroxylation sites is 1. The van der Waals surface area contributed by atoms with Crippen molar-refractivity contribution in [1.29, 1.82) is 0 Å². The molecule has 150 valence electrons. The molecule has 1 amide bonds. The van der Waals surface area contributed by atoms with E-state index in [0.717, 1.165) is 23.2 Å². The first kappa shape index (κ1) is 19.4. The lowest BCUT2D eigenvalue weighted by Crippen LogP contribution is -2.35. The Morgan fingerprint density at radius 2 is 1.86 bits per heavy atom. The molecule has 1 aliphatic heterocycles. The van der Waals surface area contributed by atoms with Gasteiger partial charge >= 0.3 is 0 Å². The highest BCUT2D eigenvalue weighted by Crippen LogP contribution is 2.30. The first-order chi connectivity index (χ1) is 13.9. The number of carbonyl (C=O) groups excluding carboxylic acids is 1. The molecule has 2 heterocycles. The molecule has 1 aromatic heterocycles. The third-order valence-corrected chi connectivity index (χ3v) is 6.57. The van der Waals surface area contributed by atoms with E-state index in [1.807, 2.05) is 31.2 Å². The Morgan fingerprint density at radius 1 is 1.10 bits per heavy atom. The molecule has 0 bridgehead atoms. The van der Waals surface area contributed by atoms with Gasteiger partial charge in [-0.1, -0.05) is 35.9 Å². The van der Waals surface area contributed by atoms with E-state index in [1.54, 1.807) is 41.3 Å². The van der Waals surface area contributed by atoms with E-state index in [2.05, 4.69) is 4.72 Å². The van der Waals surface area contributed by atoms with Crippen molar-refractivity contribution in [1.82, 2.24) is 4.72 Å². The van der Waals surface area contributed by atoms with Crippen molar-refractivity contribution < 1.29 is 17.6 Å². The van der Waals surface area contributed by atoms with Gasteiger partial charge in [0.15, 0.2) is 0 Å². The van der Waals surface area contributed by atoms with Gasteiger partial charge in [0.1, 0.15) is 5.76 Å². The molecular formula is C22H22N2O4S. The molecule has 6 nitrogen and oxygen atoms in total. The summed E-state index contributed by atoms with van der Waals surface area (Å²) in [7, 11) is -3.81. The number of benzene rings is 2. The van der Waals surface area contributed by atoms with Crippen LogP contribution in [0.1, 0.15) is 29.3 Å². The minimum atomic E-state index is -3.81. The number of fused-ring (bicyclic) bond motifs is 1. The third kappa shape index (κ3) is 4.11. The third-order valence-electron chi connectivity index (χ3n) is 5.08. The van der Waals surface area contributed by atoms with Gasteiger partial charge in [-0.2, -0.15) is 4.72 Å². The standard InChI is InChI=1S/C22H22N2O4S/c1-16-8-10-18(11-9-16)29(26,27)23-19(21-7-4-14-28-21)15-22(25)24-13-12-17-5-2-3-6-20(17)24/h2-11,14,19,23H,12-13,15H2,1H3/t19-/m1/s1. The van der Waals surface area contributed by atoms with Crippen LogP contribution in [0.2, 0.25) is 0 Å². The molecule has 7 heteroatoms. The van der Waals surface area contributed by atoms with Gasteiger partial charge in [-0.25, -0.2) is 8.42 Å². The predicted octanol–water partition coefficient (Wildman–Crippen LogP) is 3.59. The van der Waals surface area contributed by atoms with Crippen LogP contribution in [0, 0.1) is 6.92 Å². The summed E-state index contributed by atoms with van der Waals surface area (Å²) in [4.78, 5) is 14.9. The van der Waals surface area contributed by atoms with Crippen molar-refractivity contribution in [3.8, 4) is 0 Å². The molecular weight excluding hydrogens is 388 g/mol. The molecule has 1 N–H and O–H groups in total. The Labute approximate surface area is 170 Å². The van der Waals surface area contributed by atoms with E-state index in [0.29, 0.717) is 12.3 Å². The predicted molar refractivity (Wildman–Crippen MR) is 110 cm³/mol. The van der Waals surface area contributed by atoms with Crippen LogP contribution in [-0.2, 0) is 21.2 Å². The molecule has 29 heavy (non-hydrogen) atoms. The molecule has 0 unspecified atom stereocenters. The zero-order chi connectivity index (χ0) is 20.4. The van der Waals surface area contributed by atoms with E-state index >= 15 is 0 Å². The highest BCUT2D eigenvalue weighted by atomic mass is 32.2. The molecule has 0 spiro atoms. The monoisotopic (exact) mass is 410 g/mol. The van der Waals surface area contributed by atoms with Gasteiger partial charge in [-0.15, -0.1) is 0 Å². The van der Waals surface area contributed by atoms with Crippen molar-refractivity contribution in [2.75, 3.05) is 11.4 Å². The molecule has 0 radical (unpaired) electrons. The average molecular weight is 410 g/mol. The number of amides is 1. The summed E-state index contributed by atoms with van der Waals surface area (Å²) in [6, 6.07) is 16.9. The molecule has 3 aromatic rings. The van der Waals surface area contributed by atoms with Crippen molar-refractivity contribution >= 4 is 21.6 Å². The molecule has 1 atom stereocenters. The summed E-state index contributed by atoms with van der Waals surface area (Å²) >= 11 is 0. The number of furan rings is 1. The minimum absolute atomic E-state index is 0.0348. The fraction of sp³-hybridized carbons (Fsp3) is 0.227. The zero-order valence-corrected chi connectivity index (χ0v) is 16.9. The number of anilines is 1. The summed E-state index contributed by atoms with van der Waals surface area (Å²) < 4.78 is 33.8. The molecule has 0 aliphatic carbocycles. The van der Waals surface area contributed by atoms with E-state index in [1.165, 1.54) is 6.26 Å². The van der Waals surface area contributed by atoms with E-state index in [-0.39, 0.29) is 17.2 Å². The van der Waals surface area contributed by atoms with E-state index in [4.69, 9.17) is 4.42 Å². The highest BCUT2D eigenvalue weighted by molar-refractivity contribution is 7.89. The molecule has 2 aromatic carbocycles. The van der Waals surface area contributed by atoms with Gasteiger partial charge in [0, 0.05) is 12.2 Å². The molecule has 0 saturated heterocycles. The molecule has 4 rings (SSSR count). The fourth-order valence-corrected chi connectivity index (χ4v) is 4.75. The Morgan fingerprint density at radius 3 is 2.59 bits per heavy atom. The summed E-state index contributed by atoms with van der Waals surface area (Å²) in [5.41, 5.74) is 2.97. The summed E-state index contributed by atoms with van der Waals surface area (Å²) in [5.74, 6) is 0.254. The van der Waals surface area contributed by atoms with Crippen LogP contribution < -0.4 is 9.62 Å². The molecule has 1 aliphatic rings. The van der Waals surface area contributed by atoms with Crippen molar-refractivity contribution in [3.63, 3.8) is 0 Å². The Kier molecular flexibility index (Phi) is 5.25. The summed E-state index contributed by atoms with van der Waals surface area (Å²) in [6.45, 7) is 2.48. The maximum atomic E-state index is 13.0. The Balaban J connectivity index is 1.57. The quantitative estimate of drug-likeness (QED) is 0.674. The number of nitrogens with zero attached hydrogens (tertiary/aromatic N) is 1. The van der Waals surface area contributed by atoms with E-state index in [9.17, 15) is 13.2 Å². The highest BCUT2D eigenvalue weighted by Gasteiger charge is 2.30. The second kappa shape index (κ2) is 7.85. The van der Waals surface area contributed by atoms with Crippen LogP contribution in [0.4, 0.5) is 5.69 Å². The first-order valence-corrected chi connectivity index (χ1v) is 10.9. The number of hydrogen-bond acceptors (Lipinski definition) is 4. The second-order valence-corrected chi connectivity index (χ2v) is 8.84. The van der Waals surface area contributed by atoms with Gasteiger partial charge in [0.2, 0.25) is 15.9 Å². The van der Waals surface area contributed by atoms with Gasteiger partial charge in [-0.3, -0.25) is 4.79 Å².